The Morgan fingerprint density at radius 3 is 2.76 bits per heavy atom. The molecule has 0 saturated heterocycles. The van der Waals surface area contributed by atoms with Crippen molar-refractivity contribution in [1.29, 1.82) is 0 Å². The highest BCUT2D eigenvalue weighted by Crippen LogP contribution is 2.26. The van der Waals surface area contributed by atoms with E-state index in [4.69, 9.17) is 9.84 Å². The lowest BCUT2D eigenvalue weighted by Crippen LogP contribution is -2.39. The molecule has 2 heterocycles. The Balaban J connectivity index is 2.26. The van der Waals surface area contributed by atoms with Gasteiger partial charge in [-0.2, -0.15) is 0 Å². The molecule has 1 aromatic rings. The monoisotopic (exact) mass is 301 g/mol. The van der Waals surface area contributed by atoms with Crippen LogP contribution in [-0.2, 0) is 17.8 Å². The van der Waals surface area contributed by atoms with Crippen molar-refractivity contribution in [3.63, 3.8) is 0 Å². The number of aromatic carboxylic acids is 1. The number of carboxylic acids is 1. The SMILES string of the molecule is C=CCOC(=O)N1CCn2c(nc(C(F)F)c2C(=O)O)C1. The molecule has 2 rings (SSSR count). The molecule has 0 spiro atoms. The van der Waals surface area contributed by atoms with Crippen LogP contribution in [0.25, 0.3) is 0 Å². The molecular formula is C12H13F2N3O4. The lowest BCUT2D eigenvalue weighted by molar-refractivity contribution is 0.0666. The van der Waals surface area contributed by atoms with Crippen LogP contribution in [0.2, 0.25) is 0 Å². The Hall–Kier alpha value is -2.45. The molecule has 1 aliphatic heterocycles. The molecule has 0 unspecified atom stereocenters. The van der Waals surface area contributed by atoms with Gasteiger partial charge in [-0.3, -0.25) is 4.90 Å². The largest absolute Gasteiger partial charge is 0.477 e. The summed E-state index contributed by atoms with van der Waals surface area (Å²) in [5.41, 5.74) is -1.31. The summed E-state index contributed by atoms with van der Waals surface area (Å²) in [4.78, 5) is 27.7. The van der Waals surface area contributed by atoms with E-state index in [1.807, 2.05) is 0 Å². The van der Waals surface area contributed by atoms with E-state index in [0.717, 1.165) is 0 Å². The van der Waals surface area contributed by atoms with Crippen LogP contribution in [0.1, 0.15) is 28.4 Å². The first-order valence-electron chi connectivity index (χ1n) is 6.09. The predicted molar refractivity (Wildman–Crippen MR) is 66.1 cm³/mol. The normalized spacial score (nSPS) is 14.0. The average Bonchev–Trinajstić information content (AvgIpc) is 2.83. The zero-order valence-corrected chi connectivity index (χ0v) is 11.0. The van der Waals surface area contributed by atoms with Gasteiger partial charge >= 0.3 is 12.1 Å². The van der Waals surface area contributed by atoms with Crippen LogP contribution in [0.3, 0.4) is 0 Å². The van der Waals surface area contributed by atoms with Gasteiger partial charge in [-0.1, -0.05) is 12.7 Å². The number of fused-ring (bicyclic) bond motifs is 1. The standard InChI is InChI=1S/C12H13F2N3O4/c1-2-5-21-12(20)16-3-4-17-7(6-16)15-8(10(13)14)9(17)11(18)19/h2,10H,1,3-6H2,(H,18,19). The molecule has 114 valence electrons. The van der Waals surface area contributed by atoms with Crippen molar-refractivity contribution >= 4 is 12.1 Å². The summed E-state index contributed by atoms with van der Waals surface area (Å²) >= 11 is 0. The van der Waals surface area contributed by atoms with Gasteiger partial charge in [-0.25, -0.2) is 23.4 Å². The van der Waals surface area contributed by atoms with Crippen molar-refractivity contribution in [3.05, 3.63) is 29.9 Å². The Bertz CT molecular complexity index is 585. The fraction of sp³-hybridized carbons (Fsp3) is 0.417. The second kappa shape index (κ2) is 5.90. The second-order valence-corrected chi connectivity index (χ2v) is 4.31. The van der Waals surface area contributed by atoms with E-state index in [-0.39, 0.29) is 32.1 Å². The van der Waals surface area contributed by atoms with Gasteiger partial charge in [-0.05, 0) is 0 Å². The van der Waals surface area contributed by atoms with Crippen molar-refractivity contribution in [1.82, 2.24) is 14.5 Å². The number of aromatic nitrogens is 2. The van der Waals surface area contributed by atoms with Crippen molar-refractivity contribution < 1.29 is 28.2 Å². The minimum atomic E-state index is -2.99. The molecule has 0 aromatic carbocycles. The van der Waals surface area contributed by atoms with Crippen molar-refractivity contribution in [2.24, 2.45) is 0 Å². The zero-order chi connectivity index (χ0) is 15.6. The molecule has 0 fully saturated rings. The van der Waals surface area contributed by atoms with Crippen LogP contribution in [0.15, 0.2) is 12.7 Å². The van der Waals surface area contributed by atoms with E-state index in [0.29, 0.717) is 0 Å². The highest BCUT2D eigenvalue weighted by molar-refractivity contribution is 5.87. The molecule has 0 bridgehead atoms. The first-order chi connectivity index (χ1) is 9.95. The number of hydrogen-bond donors (Lipinski definition) is 1. The number of carboxylic acid groups (broad SMARTS) is 1. The van der Waals surface area contributed by atoms with E-state index >= 15 is 0 Å². The van der Waals surface area contributed by atoms with Gasteiger partial charge in [0, 0.05) is 13.1 Å². The zero-order valence-electron chi connectivity index (χ0n) is 11.0. The summed E-state index contributed by atoms with van der Waals surface area (Å²) in [5, 5.41) is 9.04. The van der Waals surface area contributed by atoms with Crippen LogP contribution in [-0.4, -0.2) is 44.8 Å². The number of imidazole rings is 1. The maximum absolute atomic E-state index is 12.8. The topological polar surface area (TPSA) is 84.7 Å². The molecule has 1 amide bonds. The number of ether oxygens (including phenoxy) is 1. The lowest BCUT2D eigenvalue weighted by Gasteiger charge is -2.27. The number of carbonyl (C=O) groups excluding carboxylic acids is 1. The molecular weight excluding hydrogens is 288 g/mol. The summed E-state index contributed by atoms with van der Waals surface area (Å²) in [6, 6.07) is 0. The second-order valence-electron chi connectivity index (χ2n) is 4.31. The average molecular weight is 301 g/mol. The van der Waals surface area contributed by atoms with Gasteiger partial charge in [0.15, 0.2) is 5.69 Å². The maximum Gasteiger partial charge on any atom is 0.410 e. The maximum atomic E-state index is 12.8. The first-order valence-corrected chi connectivity index (χ1v) is 6.09. The fourth-order valence-corrected chi connectivity index (χ4v) is 2.11. The quantitative estimate of drug-likeness (QED) is 0.855. The summed E-state index contributed by atoms with van der Waals surface area (Å²) in [5.74, 6) is -1.36. The van der Waals surface area contributed by atoms with E-state index in [1.54, 1.807) is 0 Å². The highest BCUT2D eigenvalue weighted by Gasteiger charge is 2.32. The van der Waals surface area contributed by atoms with Crippen molar-refractivity contribution in [3.8, 4) is 0 Å². The summed E-state index contributed by atoms with van der Waals surface area (Å²) in [6.07, 6.45) is -2.21. The Morgan fingerprint density at radius 1 is 1.48 bits per heavy atom. The van der Waals surface area contributed by atoms with Gasteiger partial charge in [0.25, 0.3) is 6.43 Å². The number of halogens is 2. The van der Waals surface area contributed by atoms with Crippen LogP contribution >= 0.6 is 0 Å². The third-order valence-corrected chi connectivity index (χ3v) is 2.99. The Labute approximate surface area is 118 Å². The number of nitrogens with zero attached hydrogens (tertiary/aromatic N) is 3. The van der Waals surface area contributed by atoms with Gasteiger partial charge in [-0.15, -0.1) is 0 Å². The summed E-state index contributed by atoms with van der Waals surface area (Å²) in [7, 11) is 0. The molecule has 0 radical (unpaired) electrons. The predicted octanol–water partition coefficient (Wildman–Crippen LogP) is 1.66. The molecule has 1 aromatic heterocycles. The highest BCUT2D eigenvalue weighted by atomic mass is 19.3. The Morgan fingerprint density at radius 2 is 2.19 bits per heavy atom. The molecule has 0 atom stereocenters. The van der Waals surface area contributed by atoms with E-state index < -0.39 is 29.9 Å². The van der Waals surface area contributed by atoms with Gasteiger partial charge in [0.1, 0.15) is 18.1 Å². The molecule has 21 heavy (non-hydrogen) atoms. The van der Waals surface area contributed by atoms with Gasteiger partial charge < -0.3 is 14.4 Å². The van der Waals surface area contributed by atoms with E-state index in [2.05, 4.69) is 11.6 Å². The van der Waals surface area contributed by atoms with Gasteiger partial charge in [0.2, 0.25) is 0 Å². The number of carbonyl (C=O) groups is 2. The van der Waals surface area contributed by atoms with Crippen LogP contribution in [0.5, 0.6) is 0 Å². The summed E-state index contributed by atoms with van der Waals surface area (Å²) in [6.45, 7) is 3.58. The van der Waals surface area contributed by atoms with Gasteiger partial charge in [0.05, 0.1) is 6.54 Å². The minimum absolute atomic E-state index is 0.0342. The third-order valence-electron chi connectivity index (χ3n) is 2.99. The number of amides is 1. The van der Waals surface area contributed by atoms with Crippen molar-refractivity contribution in [2.75, 3.05) is 13.2 Å². The summed E-state index contributed by atoms with van der Waals surface area (Å²) < 4.78 is 31.7. The third kappa shape index (κ3) is 2.86. The molecule has 0 aliphatic carbocycles. The van der Waals surface area contributed by atoms with E-state index in [9.17, 15) is 18.4 Å². The van der Waals surface area contributed by atoms with Crippen LogP contribution in [0, 0.1) is 0 Å². The van der Waals surface area contributed by atoms with E-state index in [1.165, 1.54) is 15.5 Å². The number of rotatable bonds is 4. The number of hydrogen-bond acceptors (Lipinski definition) is 4. The molecule has 0 saturated carbocycles. The molecule has 1 N–H and O–H groups in total. The smallest absolute Gasteiger partial charge is 0.410 e. The first kappa shape index (κ1) is 14.9. The molecule has 1 aliphatic rings. The fourth-order valence-electron chi connectivity index (χ4n) is 2.11. The van der Waals surface area contributed by atoms with Crippen LogP contribution < -0.4 is 0 Å². The molecule has 7 nitrogen and oxygen atoms in total. The minimum Gasteiger partial charge on any atom is -0.477 e. The van der Waals surface area contributed by atoms with Crippen LogP contribution in [0.4, 0.5) is 13.6 Å². The lowest BCUT2D eigenvalue weighted by atomic mass is 10.3. The number of alkyl halides is 2. The van der Waals surface area contributed by atoms with Crippen molar-refractivity contribution in [2.45, 2.75) is 19.5 Å². The Kier molecular flexibility index (Phi) is 4.20. The molecule has 9 heteroatoms.